The monoisotopic (exact) mass is 155 g/mol. The summed E-state index contributed by atoms with van der Waals surface area (Å²) in [5.41, 5.74) is 0. The summed E-state index contributed by atoms with van der Waals surface area (Å²) in [7, 11) is 1.92. The lowest BCUT2D eigenvalue weighted by molar-refractivity contribution is 0.822. The molecule has 0 saturated heterocycles. The summed E-state index contributed by atoms with van der Waals surface area (Å²) in [5.74, 6) is 0.439. The van der Waals surface area contributed by atoms with Crippen LogP contribution in [0.5, 0.6) is 0 Å². The number of tetrazole rings is 1. The predicted octanol–water partition coefficient (Wildman–Crippen LogP) is 0.631. The molecule has 10 heavy (non-hydrogen) atoms. The molecule has 1 N–H and O–H groups in total. The van der Waals surface area contributed by atoms with E-state index in [9.17, 15) is 0 Å². The van der Waals surface area contributed by atoms with Crippen molar-refractivity contribution < 1.29 is 0 Å². The minimum atomic E-state index is 0.439. The van der Waals surface area contributed by atoms with E-state index in [2.05, 4.69) is 29.4 Å². The van der Waals surface area contributed by atoms with Crippen molar-refractivity contribution in [1.82, 2.24) is 20.1 Å². The fourth-order valence-electron chi connectivity index (χ4n) is 0.600. The van der Waals surface area contributed by atoms with Gasteiger partial charge in [0.1, 0.15) is 0 Å². The minimum Gasteiger partial charge on any atom is -0.296 e. The summed E-state index contributed by atoms with van der Waals surface area (Å²) >= 11 is 4.83. The molecule has 0 atom stereocenters. The van der Waals surface area contributed by atoms with Gasteiger partial charge in [-0.15, -0.1) is 5.10 Å². The van der Waals surface area contributed by atoms with E-state index in [1.807, 2.05) is 7.41 Å². The molecule has 0 aromatic carbocycles. The Hall–Kier alpha value is -0.645. The van der Waals surface area contributed by atoms with E-state index < -0.39 is 0 Å². The van der Waals surface area contributed by atoms with E-state index in [0.717, 1.165) is 0 Å². The first-order valence-electron chi connectivity index (χ1n) is 3.04. The van der Waals surface area contributed by atoms with Crippen molar-refractivity contribution >= 4 is 19.6 Å². The number of nitrogens with zero attached hydrogens (tertiary/aromatic N) is 3. The number of nitrogens with one attached hydrogen (secondary N) is 1. The topological polar surface area (TPSA) is 46.5 Å². The Morgan fingerprint density at radius 1 is 1.70 bits per heavy atom. The Kier molecular flexibility index (Phi) is 2.21. The highest BCUT2D eigenvalue weighted by molar-refractivity contribution is 7.71. The van der Waals surface area contributed by atoms with Gasteiger partial charge in [-0.25, -0.2) is 5.21 Å². The van der Waals surface area contributed by atoms with Crippen LogP contribution in [0.3, 0.4) is 0 Å². The molecule has 4 nitrogen and oxygen atoms in total. The van der Waals surface area contributed by atoms with Crippen LogP contribution in [-0.2, 0) is 0 Å². The zero-order chi connectivity index (χ0) is 7.56. The van der Waals surface area contributed by atoms with Gasteiger partial charge in [-0.1, -0.05) is 19.1 Å². The van der Waals surface area contributed by atoms with Crippen molar-refractivity contribution in [2.75, 3.05) is 0 Å². The molecular weight excluding hydrogens is 147 g/mol. The van der Waals surface area contributed by atoms with Gasteiger partial charge in [0.2, 0.25) is 4.77 Å². The first-order valence-corrected chi connectivity index (χ1v) is 3.45. The normalized spacial score (nSPS) is 10.3. The van der Waals surface area contributed by atoms with Gasteiger partial charge in [0.05, 0.1) is 0 Å². The predicted molar refractivity (Wildman–Crippen MR) is 41.5 cm³/mol. The second-order valence-electron chi connectivity index (χ2n) is 2.35. The summed E-state index contributed by atoms with van der Waals surface area (Å²) in [6.45, 7) is 4.12. The Labute approximate surface area is 64.9 Å². The third-order valence-electron chi connectivity index (χ3n) is 0.941. The number of hydrogen-bond acceptors (Lipinski definition) is 3. The zero-order valence-corrected chi connectivity index (χ0v) is 6.72. The van der Waals surface area contributed by atoms with E-state index in [1.165, 1.54) is 0 Å². The average molecular weight is 155 g/mol. The van der Waals surface area contributed by atoms with Crippen LogP contribution in [-0.4, -0.2) is 27.5 Å². The van der Waals surface area contributed by atoms with E-state index in [0.29, 0.717) is 10.6 Å². The smallest absolute Gasteiger partial charge is 0.285 e. The first-order chi connectivity index (χ1) is 4.70. The summed E-state index contributed by atoms with van der Waals surface area (Å²) in [6, 6.07) is 0. The van der Waals surface area contributed by atoms with Crippen molar-refractivity contribution in [1.29, 1.82) is 0 Å². The maximum atomic E-state index is 4.83. The zero-order valence-electron chi connectivity index (χ0n) is 5.90. The number of aromatic amines is 1. The van der Waals surface area contributed by atoms with Gasteiger partial charge in [-0.2, -0.15) is 0 Å². The van der Waals surface area contributed by atoms with Gasteiger partial charge in [0, 0.05) is 0 Å². The molecular formula is C4H8BN4S. The van der Waals surface area contributed by atoms with E-state index >= 15 is 0 Å². The molecule has 0 unspecified atom stereocenters. The molecule has 53 valence electrons. The second kappa shape index (κ2) is 2.96. The molecule has 0 bridgehead atoms. The van der Waals surface area contributed by atoms with Crippen LogP contribution < -0.4 is 0 Å². The summed E-state index contributed by atoms with van der Waals surface area (Å²) in [4.78, 5) is 0. The first kappa shape index (κ1) is 7.46. The fourth-order valence-corrected chi connectivity index (χ4v) is 0.742. The highest BCUT2D eigenvalue weighted by Crippen LogP contribution is 1.96. The van der Waals surface area contributed by atoms with Crippen molar-refractivity contribution in [3.63, 3.8) is 0 Å². The molecule has 0 aliphatic heterocycles. The molecule has 6 heteroatoms. The van der Waals surface area contributed by atoms with Gasteiger partial charge >= 0.3 is 0 Å². The van der Waals surface area contributed by atoms with E-state index in [1.54, 1.807) is 4.59 Å². The molecule has 1 aromatic heterocycles. The average Bonchev–Trinajstić information content (AvgIpc) is 2.15. The van der Waals surface area contributed by atoms with Crippen LogP contribution in [0.15, 0.2) is 0 Å². The lowest BCUT2D eigenvalue weighted by atomic mass is 9.79. The van der Waals surface area contributed by atoms with Gasteiger partial charge in [-0.05, 0) is 18.0 Å². The maximum Gasteiger partial charge on any atom is 0.285 e. The molecule has 0 aliphatic carbocycles. The molecule has 0 aliphatic rings. The lowest BCUT2D eigenvalue weighted by Crippen LogP contribution is -2.11. The third kappa shape index (κ3) is 1.67. The van der Waals surface area contributed by atoms with Crippen molar-refractivity contribution in [3.05, 3.63) is 4.77 Å². The summed E-state index contributed by atoms with van der Waals surface area (Å²) in [5, 5.41) is 9.77. The van der Waals surface area contributed by atoms with Crippen molar-refractivity contribution in [2.45, 2.75) is 19.7 Å². The summed E-state index contributed by atoms with van der Waals surface area (Å²) < 4.78 is 2.09. The van der Waals surface area contributed by atoms with Gasteiger partial charge < -0.3 is 0 Å². The Morgan fingerprint density at radius 3 is 2.80 bits per heavy atom. The van der Waals surface area contributed by atoms with Crippen LogP contribution in [0.25, 0.3) is 0 Å². The summed E-state index contributed by atoms with van der Waals surface area (Å²) in [6.07, 6.45) is 0. The molecule has 0 amide bonds. The maximum absolute atomic E-state index is 4.83. The van der Waals surface area contributed by atoms with Crippen LogP contribution >= 0.6 is 12.2 Å². The Bertz CT molecular complexity index is 252. The molecule has 0 spiro atoms. The molecule has 1 aromatic rings. The van der Waals surface area contributed by atoms with Crippen LogP contribution in [0.4, 0.5) is 0 Å². The van der Waals surface area contributed by atoms with Crippen molar-refractivity contribution in [2.24, 2.45) is 0 Å². The van der Waals surface area contributed by atoms with Crippen LogP contribution in [0.2, 0.25) is 5.82 Å². The standard InChI is InChI=1S/C4H8BN4S/c1-3(2)5-9-4(10)6-7-8-9/h3H,1-2H3,(H,6,8,10). The fraction of sp³-hybridized carbons (Fsp3) is 0.750. The number of rotatable bonds is 2. The highest BCUT2D eigenvalue weighted by atomic mass is 32.1. The van der Waals surface area contributed by atoms with Gasteiger partial charge in [0.15, 0.2) is 0 Å². The van der Waals surface area contributed by atoms with Crippen molar-refractivity contribution in [3.8, 4) is 0 Å². The molecule has 1 rings (SSSR count). The SMILES string of the molecule is CC(C)[B]n1[nH]nnc1=S. The van der Waals surface area contributed by atoms with Gasteiger partial charge in [-0.3, -0.25) is 4.59 Å². The largest absolute Gasteiger partial charge is 0.296 e. The molecule has 1 radical (unpaired) electrons. The minimum absolute atomic E-state index is 0.439. The van der Waals surface area contributed by atoms with Crippen LogP contribution in [0, 0.1) is 4.77 Å². The Morgan fingerprint density at radius 2 is 2.40 bits per heavy atom. The number of H-pyrrole nitrogens is 1. The molecule has 0 fully saturated rings. The molecule has 1 heterocycles. The van der Waals surface area contributed by atoms with Crippen LogP contribution in [0.1, 0.15) is 13.8 Å². The highest BCUT2D eigenvalue weighted by Gasteiger charge is 2.01. The quantitative estimate of drug-likeness (QED) is 0.503. The Balaban J connectivity index is 2.75. The number of aromatic nitrogens is 4. The third-order valence-corrected chi connectivity index (χ3v) is 1.22. The van der Waals surface area contributed by atoms with E-state index in [-0.39, 0.29) is 0 Å². The van der Waals surface area contributed by atoms with Gasteiger partial charge in [0.25, 0.3) is 7.41 Å². The van der Waals surface area contributed by atoms with E-state index in [4.69, 9.17) is 12.2 Å². The number of hydrogen-bond donors (Lipinski definition) is 1. The molecule has 0 saturated carbocycles. The lowest BCUT2D eigenvalue weighted by Gasteiger charge is -1.99. The second-order valence-corrected chi connectivity index (χ2v) is 2.71.